The summed E-state index contributed by atoms with van der Waals surface area (Å²) in [5.41, 5.74) is 4.76. The van der Waals surface area contributed by atoms with Crippen molar-refractivity contribution in [2.24, 2.45) is 0 Å². The molecule has 0 saturated heterocycles. The van der Waals surface area contributed by atoms with Crippen LogP contribution in [0.1, 0.15) is 41.6 Å². The third-order valence-corrected chi connectivity index (χ3v) is 5.84. The van der Waals surface area contributed by atoms with Gasteiger partial charge in [-0.05, 0) is 29.3 Å². The van der Waals surface area contributed by atoms with E-state index in [1.165, 1.54) is 0 Å². The molecule has 0 radical (unpaired) electrons. The predicted octanol–water partition coefficient (Wildman–Crippen LogP) is 4.23. The largest absolute Gasteiger partial charge is 0.320 e. The van der Waals surface area contributed by atoms with Crippen molar-refractivity contribution >= 4 is 23.5 Å². The van der Waals surface area contributed by atoms with Gasteiger partial charge in [0.25, 0.3) is 0 Å². The van der Waals surface area contributed by atoms with Gasteiger partial charge in [0.05, 0.1) is 5.69 Å². The number of imidazole rings is 2. The first-order valence-electron chi connectivity index (χ1n) is 10.7. The molecule has 1 N–H and O–H groups in total. The first kappa shape index (κ1) is 21.0. The summed E-state index contributed by atoms with van der Waals surface area (Å²) in [6.07, 6.45) is 7.49. The van der Waals surface area contributed by atoms with Crippen LogP contribution in [0.4, 0.5) is 0 Å². The second-order valence-electron chi connectivity index (χ2n) is 7.72. The van der Waals surface area contributed by atoms with E-state index in [9.17, 15) is 4.79 Å². The molecule has 0 unspecified atom stereocenters. The summed E-state index contributed by atoms with van der Waals surface area (Å²) >= 11 is 6.22. The minimum Gasteiger partial charge on any atom is -0.320 e. The Morgan fingerprint density at radius 3 is 2.76 bits per heavy atom. The molecule has 0 atom stereocenters. The average molecular weight is 461 g/mol. The summed E-state index contributed by atoms with van der Waals surface area (Å²) in [7, 11) is 0. The van der Waals surface area contributed by atoms with E-state index in [1.54, 1.807) is 0 Å². The summed E-state index contributed by atoms with van der Waals surface area (Å²) in [5, 5.41) is 14.6. The molecule has 0 aliphatic rings. The van der Waals surface area contributed by atoms with Gasteiger partial charge in [-0.1, -0.05) is 49.2 Å². The SMILES string of the molecule is CCCCc1nc(Cl)c(C=O)n1Cc1ccn2cc(-c3ccccc3-c3nn[nH]n3)nc2c1. The Bertz CT molecular complexity index is 1420. The van der Waals surface area contributed by atoms with Crippen molar-refractivity contribution in [2.75, 3.05) is 0 Å². The number of nitrogens with one attached hydrogen (secondary N) is 1. The van der Waals surface area contributed by atoms with E-state index in [1.807, 2.05) is 57.8 Å². The average Bonchev–Trinajstić information content (AvgIpc) is 3.57. The molecule has 5 aromatic rings. The third-order valence-electron chi connectivity index (χ3n) is 5.56. The first-order chi connectivity index (χ1) is 16.2. The van der Waals surface area contributed by atoms with E-state index in [0.29, 0.717) is 18.1 Å². The number of carbonyl (C=O) groups excluding carboxylic acids is 1. The molecule has 0 aliphatic heterocycles. The number of tetrazole rings is 1. The maximum Gasteiger partial charge on any atom is 0.205 e. The van der Waals surface area contributed by atoms with Gasteiger partial charge >= 0.3 is 0 Å². The Morgan fingerprint density at radius 2 is 2.00 bits per heavy atom. The Labute approximate surface area is 194 Å². The maximum absolute atomic E-state index is 11.6. The molecule has 1 aromatic carbocycles. The molecule has 4 heterocycles. The number of benzene rings is 1. The molecule has 0 bridgehead atoms. The molecule has 0 saturated carbocycles. The van der Waals surface area contributed by atoms with Gasteiger partial charge in [0.1, 0.15) is 17.2 Å². The molecule has 0 amide bonds. The van der Waals surface area contributed by atoms with Crippen molar-refractivity contribution < 1.29 is 4.79 Å². The zero-order valence-corrected chi connectivity index (χ0v) is 18.7. The van der Waals surface area contributed by atoms with Gasteiger partial charge in [0.15, 0.2) is 11.4 Å². The lowest BCUT2D eigenvalue weighted by atomic mass is 10.0. The van der Waals surface area contributed by atoms with Crippen LogP contribution in [0.2, 0.25) is 5.15 Å². The number of aromatic amines is 1. The monoisotopic (exact) mass is 460 g/mol. The molecule has 5 rings (SSSR count). The normalized spacial score (nSPS) is 11.3. The van der Waals surface area contributed by atoms with Gasteiger partial charge in [-0.3, -0.25) is 4.79 Å². The van der Waals surface area contributed by atoms with E-state index in [4.69, 9.17) is 16.6 Å². The van der Waals surface area contributed by atoms with Gasteiger partial charge in [0.2, 0.25) is 5.82 Å². The highest BCUT2D eigenvalue weighted by molar-refractivity contribution is 6.31. The van der Waals surface area contributed by atoms with Gasteiger partial charge in [-0.15, -0.1) is 10.2 Å². The molecule has 0 aliphatic carbocycles. The first-order valence-corrected chi connectivity index (χ1v) is 11.1. The Balaban J connectivity index is 1.51. The Morgan fingerprint density at radius 1 is 1.15 bits per heavy atom. The fourth-order valence-electron chi connectivity index (χ4n) is 3.91. The smallest absolute Gasteiger partial charge is 0.205 e. The molecule has 166 valence electrons. The zero-order chi connectivity index (χ0) is 22.8. The summed E-state index contributed by atoms with van der Waals surface area (Å²) < 4.78 is 3.86. The minimum atomic E-state index is 0.248. The van der Waals surface area contributed by atoms with Crippen LogP contribution in [0.3, 0.4) is 0 Å². The number of hydrogen-bond donors (Lipinski definition) is 1. The van der Waals surface area contributed by atoms with Crippen molar-refractivity contribution in [1.82, 2.24) is 39.6 Å². The number of pyridine rings is 1. The Hall–Kier alpha value is -3.85. The molecule has 33 heavy (non-hydrogen) atoms. The Kier molecular flexibility index (Phi) is 5.70. The van der Waals surface area contributed by atoms with Crippen molar-refractivity contribution in [3.8, 4) is 22.6 Å². The van der Waals surface area contributed by atoms with Gasteiger partial charge in [-0.2, -0.15) is 5.21 Å². The molecule has 9 nitrogen and oxygen atoms in total. The van der Waals surface area contributed by atoms with Crippen LogP contribution < -0.4 is 0 Å². The van der Waals surface area contributed by atoms with E-state index in [0.717, 1.165) is 59.4 Å². The number of aldehydes is 1. The number of hydrogen-bond acceptors (Lipinski definition) is 6. The van der Waals surface area contributed by atoms with Crippen molar-refractivity contribution in [2.45, 2.75) is 32.7 Å². The fourth-order valence-corrected chi connectivity index (χ4v) is 4.15. The van der Waals surface area contributed by atoms with Gasteiger partial charge < -0.3 is 8.97 Å². The van der Waals surface area contributed by atoms with E-state index < -0.39 is 0 Å². The number of carbonyl (C=O) groups is 1. The number of unbranched alkanes of at least 4 members (excludes halogenated alkanes) is 1. The number of aromatic nitrogens is 8. The molecule has 10 heteroatoms. The number of nitrogens with zero attached hydrogens (tertiary/aromatic N) is 7. The zero-order valence-electron chi connectivity index (χ0n) is 17.9. The topological polar surface area (TPSA) is 107 Å². The number of fused-ring (bicyclic) bond motifs is 1. The van der Waals surface area contributed by atoms with E-state index in [2.05, 4.69) is 32.5 Å². The highest BCUT2D eigenvalue weighted by Crippen LogP contribution is 2.29. The lowest BCUT2D eigenvalue weighted by molar-refractivity contribution is 0.111. The fraction of sp³-hybridized carbons (Fsp3) is 0.217. The van der Waals surface area contributed by atoms with E-state index in [-0.39, 0.29) is 5.15 Å². The molecule has 0 spiro atoms. The number of halogens is 1. The van der Waals surface area contributed by atoms with Gasteiger partial charge in [-0.25, -0.2) is 9.97 Å². The summed E-state index contributed by atoms with van der Waals surface area (Å²) in [5.74, 6) is 1.34. The predicted molar refractivity (Wildman–Crippen MR) is 124 cm³/mol. The minimum absolute atomic E-state index is 0.248. The van der Waals surface area contributed by atoms with Crippen LogP contribution in [-0.2, 0) is 13.0 Å². The third kappa shape index (κ3) is 4.03. The molecule has 0 fully saturated rings. The standard InChI is InChI=1S/C23H21ClN8O/c1-2-3-8-20-26-22(24)19(14-33)32(20)12-15-9-10-31-13-18(25-21(31)11-15)16-6-4-5-7-17(16)23-27-29-30-28-23/h4-7,9-11,13-14H,2-3,8,12H2,1H3,(H,27,28,29,30). The molecule has 4 aromatic heterocycles. The summed E-state index contributed by atoms with van der Waals surface area (Å²) in [4.78, 5) is 20.9. The maximum atomic E-state index is 11.6. The number of H-pyrrole nitrogens is 1. The van der Waals surface area contributed by atoms with Crippen LogP contribution in [-0.4, -0.2) is 45.8 Å². The van der Waals surface area contributed by atoms with Crippen LogP contribution >= 0.6 is 11.6 Å². The van der Waals surface area contributed by atoms with Crippen molar-refractivity contribution in [3.05, 3.63) is 71.0 Å². The lowest BCUT2D eigenvalue weighted by Crippen LogP contribution is -2.09. The van der Waals surface area contributed by atoms with Crippen LogP contribution in [0.5, 0.6) is 0 Å². The van der Waals surface area contributed by atoms with Crippen molar-refractivity contribution in [3.63, 3.8) is 0 Å². The van der Waals surface area contributed by atoms with Crippen LogP contribution in [0, 0.1) is 0 Å². The second kappa shape index (κ2) is 8.95. The molecular formula is C23H21ClN8O. The van der Waals surface area contributed by atoms with Crippen LogP contribution in [0.15, 0.2) is 48.8 Å². The summed E-state index contributed by atoms with van der Waals surface area (Å²) in [6, 6.07) is 11.8. The van der Waals surface area contributed by atoms with Crippen molar-refractivity contribution in [1.29, 1.82) is 0 Å². The quantitative estimate of drug-likeness (QED) is 0.347. The van der Waals surface area contributed by atoms with E-state index >= 15 is 0 Å². The second-order valence-corrected chi connectivity index (χ2v) is 8.08. The number of aryl methyl sites for hydroxylation is 1. The highest BCUT2D eigenvalue weighted by Gasteiger charge is 2.17. The lowest BCUT2D eigenvalue weighted by Gasteiger charge is -2.10. The highest BCUT2D eigenvalue weighted by atomic mass is 35.5. The summed E-state index contributed by atoms with van der Waals surface area (Å²) in [6.45, 7) is 2.61. The molecular weight excluding hydrogens is 440 g/mol. The van der Waals surface area contributed by atoms with Gasteiger partial charge in [0, 0.05) is 36.5 Å². The van der Waals surface area contributed by atoms with Crippen LogP contribution in [0.25, 0.3) is 28.3 Å². The number of rotatable bonds is 8.